The molecule has 4 rings (SSSR count). The van der Waals surface area contributed by atoms with Gasteiger partial charge in [-0.05, 0) is 45.0 Å². The predicted molar refractivity (Wildman–Crippen MR) is 100 cm³/mol. The van der Waals surface area contributed by atoms with Crippen LogP contribution in [0.25, 0.3) is 11.1 Å². The Balaban J connectivity index is 1.67. The zero-order valence-electron chi connectivity index (χ0n) is 15.6. The summed E-state index contributed by atoms with van der Waals surface area (Å²) in [4.78, 5) is 14.0. The molecule has 0 aliphatic carbocycles. The maximum atomic E-state index is 13.2. The van der Waals surface area contributed by atoms with Crippen molar-refractivity contribution in [2.24, 2.45) is 12.5 Å². The van der Waals surface area contributed by atoms with E-state index in [1.807, 2.05) is 7.05 Å². The van der Waals surface area contributed by atoms with Gasteiger partial charge in [-0.2, -0.15) is 4.31 Å². The molecule has 1 N–H and O–H groups in total. The van der Waals surface area contributed by atoms with Crippen LogP contribution in [0.3, 0.4) is 0 Å². The summed E-state index contributed by atoms with van der Waals surface area (Å²) in [6.45, 7) is 1.72. The number of benzene rings is 1. The maximum Gasteiger partial charge on any atom is 0.419 e. The summed E-state index contributed by atoms with van der Waals surface area (Å²) in [5.41, 5.74) is 0.596. The van der Waals surface area contributed by atoms with Crippen LogP contribution < -0.4 is 5.76 Å². The van der Waals surface area contributed by atoms with Gasteiger partial charge in [0.2, 0.25) is 10.0 Å². The number of hydrogen-bond acceptors (Lipinski definition) is 6. The highest BCUT2D eigenvalue weighted by Gasteiger charge is 2.48. The highest BCUT2D eigenvalue weighted by molar-refractivity contribution is 7.89. The lowest BCUT2D eigenvalue weighted by molar-refractivity contribution is -0.0508. The van der Waals surface area contributed by atoms with Gasteiger partial charge in [0.25, 0.3) is 0 Å². The first-order valence-corrected chi connectivity index (χ1v) is 10.6. The monoisotopic (exact) mass is 395 g/mol. The Bertz CT molecular complexity index is 1030. The minimum Gasteiger partial charge on any atom is -0.408 e. The second kappa shape index (κ2) is 6.44. The first-order valence-electron chi connectivity index (χ1n) is 9.19. The van der Waals surface area contributed by atoms with Crippen molar-refractivity contribution >= 4 is 21.1 Å². The molecule has 0 bridgehead atoms. The molecule has 0 amide bonds. The van der Waals surface area contributed by atoms with E-state index in [4.69, 9.17) is 4.42 Å². The molecule has 148 valence electrons. The highest BCUT2D eigenvalue weighted by atomic mass is 32.2. The lowest BCUT2D eigenvalue weighted by atomic mass is 9.69. The van der Waals surface area contributed by atoms with Gasteiger partial charge in [0, 0.05) is 37.7 Å². The average Bonchev–Trinajstić information content (AvgIpc) is 2.95. The number of rotatable bonds is 3. The number of sulfonamides is 1. The smallest absolute Gasteiger partial charge is 0.408 e. The fourth-order valence-electron chi connectivity index (χ4n) is 4.63. The molecule has 0 unspecified atom stereocenters. The summed E-state index contributed by atoms with van der Waals surface area (Å²) in [6, 6.07) is 4.54. The lowest BCUT2D eigenvalue weighted by Crippen LogP contribution is -2.62. The first kappa shape index (κ1) is 18.7. The van der Waals surface area contributed by atoms with E-state index in [0.29, 0.717) is 25.0 Å². The van der Waals surface area contributed by atoms with E-state index in [1.165, 1.54) is 21.0 Å². The van der Waals surface area contributed by atoms with Crippen LogP contribution in [0.2, 0.25) is 0 Å². The van der Waals surface area contributed by atoms with Crippen LogP contribution in [0, 0.1) is 5.41 Å². The number of aromatic nitrogens is 1. The number of oxazole rings is 1. The average molecular weight is 395 g/mol. The van der Waals surface area contributed by atoms with Gasteiger partial charge in [-0.15, -0.1) is 0 Å². The van der Waals surface area contributed by atoms with E-state index >= 15 is 0 Å². The van der Waals surface area contributed by atoms with E-state index in [1.54, 1.807) is 13.1 Å². The molecule has 0 radical (unpaired) electrons. The molecular formula is C18H25N3O5S. The second-order valence-corrected chi connectivity index (χ2v) is 9.73. The Morgan fingerprint density at radius 3 is 2.78 bits per heavy atom. The van der Waals surface area contributed by atoms with Crippen LogP contribution in [0.5, 0.6) is 0 Å². The number of aryl methyl sites for hydroxylation is 1. The van der Waals surface area contributed by atoms with Crippen molar-refractivity contribution in [3.63, 3.8) is 0 Å². The molecule has 2 fully saturated rings. The fourth-order valence-corrected chi connectivity index (χ4v) is 6.10. The Hall–Kier alpha value is -1.68. The second-order valence-electron chi connectivity index (χ2n) is 7.79. The molecule has 3 heterocycles. The molecule has 8 nitrogen and oxygen atoms in total. The predicted octanol–water partition coefficient (Wildman–Crippen LogP) is 0.599. The van der Waals surface area contributed by atoms with Crippen molar-refractivity contribution < 1.29 is 17.9 Å². The molecule has 2 aliphatic heterocycles. The van der Waals surface area contributed by atoms with Crippen molar-refractivity contribution in [2.45, 2.75) is 30.2 Å². The molecule has 1 aromatic heterocycles. The number of likely N-dealkylation sites (tertiary alicyclic amines) is 1. The summed E-state index contributed by atoms with van der Waals surface area (Å²) in [7, 11) is -0.134. The summed E-state index contributed by atoms with van der Waals surface area (Å²) in [6.07, 6.45) is 2.58. The molecule has 2 aliphatic rings. The number of nitrogens with zero attached hydrogens (tertiary/aromatic N) is 3. The molecule has 27 heavy (non-hydrogen) atoms. The molecule has 9 heteroatoms. The van der Waals surface area contributed by atoms with Crippen molar-refractivity contribution in [3.8, 4) is 0 Å². The van der Waals surface area contributed by atoms with Crippen molar-refractivity contribution in [1.82, 2.24) is 13.8 Å². The normalized spacial score (nSPS) is 27.7. The van der Waals surface area contributed by atoms with Crippen LogP contribution >= 0.6 is 0 Å². The number of fused-ring (bicyclic) bond motifs is 2. The van der Waals surface area contributed by atoms with Gasteiger partial charge in [-0.1, -0.05) is 0 Å². The largest absolute Gasteiger partial charge is 0.419 e. The number of aliphatic hydroxyl groups is 1. The van der Waals surface area contributed by atoms with E-state index < -0.39 is 15.8 Å². The maximum absolute atomic E-state index is 13.2. The van der Waals surface area contributed by atoms with Gasteiger partial charge in [0.1, 0.15) is 0 Å². The number of likely N-dealkylation sites (N-methyl/N-ethyl adjacent to an activating group) is 1. The third kappa shape index (κ3) is 2.84. The Morgan fingerprint density at radius 2 is 2.04 bits per heavy atom. The number of aliphatic hydroxyl groups excluding tert-OH is 1. The molecule has 0 spiro atoms. The van der Waals surface area contributed by atoms with Crippen LogP contribution in [0.15, 0.2) is 32.3 Å². The van der Waals surface area contributed by atoms with E-state index in [-0.39, 0.29) is 28.5 Å². The van der Waals surface area contributed by atoms with Gasteiger partial charge in [0.15, 0.2) is 5.58 Å². The van der Waals surface area contributed by atoms with Crippen LogP contribution in [-0.2, 0) is 17.1 Å². The summed E-state index contributed by atoms with van der Waals surface area (Å²) < 4.78 is 34.4. The van der Waals surface area contributed by atoms with E-state index in [2.05, 4.69) is 4.90 Å². The Morgan fingerprint density at radius 1 is 1.26 bits per heavy atom. The quantitative estimate of drug-likeness (QED) is 0.818. The van der Waals surface area contributed by atoms with Crippen LogP contribution in [0.1, 0.15) is 19.3 Å². The SMILES string of the molecule is CN1CCC[C@]2(CO)CCN(S(=O)(=O)c3ccc4c(c3)oc(=O)n4C)C[C@@H]12. The summed E-state index contributed by atoms with van der Waals surface area (Å²) in [5, 5.41) is 10.0. The van der Waals surface area contributed by atoms with E-state index in [9.17, 15) is 18.3 Å². The molecule has 1 aromatic carbocycles. The van der Waals surface area contributed by atoms with Gasteiger partial charge < -0.3 is 14.4 Å². The van der Waals surface area contributed by atoms with Crippen molar-refractivity contribution in [1.29, 1.82) is 0 Å². The lowest BCUT2D eigenvalue weighted by Gasteiger charge is -2.53. The first-order chi connectivity index (χ1) is 12.8. The zero-order chi connectivity index (χ0) is 19.4. The minimum absolute atomic E-state index is 0.00170. The van der Waals surface area contributed by atoms with Crippen LogP contribution in [-0.4, -0.2) is 66.6 Å². The van der Waals surface area contributed by atoms with Crippen LogP contribution in [0.4, 0.5) is 0 Å². The van der Waals surface area contributed by atoms with Crippen molar-refractivity contribution in [2.75, 3.05) is 33.3 Å². The summed E-state index contributed by atoms with van der Waals surface area (Å²) in [5.74, 6) is -0.519. The highest BCUT2D eigenvalue weighted by Crippen LogP contribution is 2.42. The summed E-state index contributed by atoms with van der Waals surface area (Å²) >= 11 is 0. The van der Waals surface area contributed by atoms with Gasteiger partial charge in [-0.25, -0.2) is 13.2 Å². The fraction of sp³-hybridized carbons (Fsp3) is 0.611. The zero-order valence-corrected chi connectivity index (χ0v) is 16.4. The molecule has 2 saturated heterocycles. The Kier molecular flexibility index (Phi) is 4.45. The van der Waals surface area contributed by atoms with E-state index in [0.717, 1.165) is 19.4 Å². The third-order valence-electron chi connectivity index (χ3n) is 6.38. The number of piperidine rings is 2. The molecule has 0 saturated carbocycles. The standard InChI is InChI=1S/C18H25N3O5S/c1-19-8-3-6-18(12-22)7-9-21(11-16(18)19)27(24,25)13-4-5-14-15(10-13)26-17(23)20(14)2/h4-5,10,16,22H,3,6-9,11-12H2,1-2H3/t16-,18-/m1/s1. The topological polar surface area (TPSA) is 96.0 Å². The van der Waals surface area contributed by atoms with Gasteiger partial charge in [0.05, 0.1) is 17.0 Å². The van der Waals surface area contributed by atoms with Gasteiger partial charge in [-0.3, -0.25) is 4.57 Å². The third-order valence-corrected chi connectivity index (χ3v) is 8.24. The number of hydrogen-bond donors (Lipinski definition) is 1. The van der Waals surface area contributed by atoms with Crippen molar-refractivity contribution in [3.05, 3.63) is 28.7 Å². The molecule has 2 aromatic rings. The Labute approximate surface area is 158 Å². The minimum atomic E-state index is -3.71. The molecule has 2 atom stereocenters. The van der Waals surface area contributed by atoms with Gasteiger partial charge >= 0.3 is 5.76 Å². The molecular weight excluding hydrogens is 370 g/mol.